The minimum Gasteiger partial charge on any atom is -0.446 e. The molecule has 1 aliphatic heterocycles. The topological polar surface area (TPSA) is 41.6 Å². The number of rotatable bonds is 4. The van der Waals surface area contributed by atoms with Gasteiger partial charge in [0.25, 0.3) is 0 Å². The number of aryl methyl sites for hydroxylation is 1. The highest BCUT2D eigenvalue weighted by Crippen LogP contribution is 2.12. The maximum absolute atomic E-state index is 11.9. The van der Waals surface area contributed by atoms with E-state index >= 15 is 0 Å². The van der Waals surface area contributed by atoms with Gasteiger partial charge in [0.2, 0.25) is 0 Å². The van der Waals surface area contributed by atoms with Crippen LogP contribution in [0.2, 0.25) is 0 Å². The molecule has 5 heteroatoms. The Morgan fingerprint density at radius 1 is 1.11 bits per heavy atom. The zero-order valence-corrected chi connectivity index (χ0v) is 16.2. The molecule has 0 atom stereocenters. The maximum atomic E-state index is 11.9. The first kappa shape index (κ1) is 23.6. The van der Waals surface area contributed by atoms with Gasteiger partial charge < -0.3 is 15.0 Å². The van der Waals surface area contributed by atoms with Crippen molar-refractivity contribution in [2.75, 3.05) is 26.7 Å². The summed E-state index contributed by atoms with van der Waals surface area (Å²) in [6.45, 7) is 4.71. The molecule has 0 aliphatic carbocycles. The van der Waals surface area contributed by atoms with Crippen LogP contribution in [0.5, 0.6) is 0 Å². The van der Waals surface area contributed by atoms with Crippen LogP contribution in [0.3, 0.4) is 0 Å². The molecule has 1 aliphatic rings. The first-order chi connectivity index (χ1) is 13.0. The van der Waals surface area contributed by atoms with Crippen molar-refractivity contribution >= 4 is 6.09 Å². The van der Waals surface area contributed by atoms with Crippen LogP contribution in [-0.2, 0) is 11.2 Å². The number of hydrogen-bond donors (Lipinski definition) is 1. The van der Waals surface area contributed by atoms with Crippen molar-refractivity contribution < 1.29 is 13.9 Å². The van der Waals surface area contributed by atoms with E-state index < -0.39 is 0 Å². The third kappa shape index (κ3) is 9.00. The number of benzene rings is 2. The number of halogens is 1. The van der Waals surface area contributed by atoms with Crippen LogP contribution < -0.4 is 5.32 Å². The lowest BCUT2D eigenvalue weighted by atomic mass is 10.1. The van der Waals surface area contributed by atoms with Gasteiger partial charge in [-0.05, 0) is 56.5 Å². The molecule has 0 aromatic heterocycles. The summed E-state index contributed by atoms with van der Waals surface area (Å²) >= 11 is 0. The summed E-state index contributed by atoms with van der Waals surface area (Å²) in [4.78, 5) is 14.0. The number of carbonyl (C=O) groups excluding carboxylic acids is 1. The number of hydrogen-bond acceptors (Lipinski definition) is 3. The van der Waals surface area contributed by atoms with Crippen LogP contribution in [0.15, 0.2) is 54.6 Å². The smallest absolute Gasteiger partial charge is 0.407 e. The molecule has 0 saturated carbocycles. The normalized spacial score (nSPS) is 14.2. The molecule has 3 rings (SSSR count). The fraction of sp³-hybridized carbons (Fsp3) is 0.435. The Balaban J connectivity index is 0.000000414. The molecule has 1 N–H and O–H groups in total. The third-order valence-corrected chi connectivity index (χ3v) is 4.60. The van der Waals surface area contributed by atoms with E-state index in [1.165, 1.54) is 23.3 Å². The van der Waals surface area contributed by atoms with Gasteiger partial charge in [-0.15, -0.1) is 0 Å². The van der Waals surface area contributed by atoms with E-state index in [4.69, 9.17) is 4.74 Å². The molecular weight excluding hydrogens is 355 g/mol. The Morgan fingerprint density at radius 3 is 2.29 bits per heavy atom. The predicted octanol–water partition coefficient (Wildman–Crippen LogP) is 4.82. The number of nitrogens with one attached hydrogen (secondary N) is 1. The van der Waals surface area contributed by atoms with Gasteiger partial charge in [-0.2, -0.15) is 0 Å². The summed E-state index contributed by atoms with van der Waals surface area (Å²) in [6, 6.07) is 16.2. The molecule has 28 heavy (non-hydrogen) atoms. The van der Waals surface area contributed by atoms with E-state index in [9.17, 15) is 9.18 Å². The number of likely N-dealkylation sites (tertiary alicyclic amines) is 1. The summed E-state index contributed by atoms with van der Waals surface area (Å²) in [5, 5.41) is 2.84. The van der Waals surface area contributed by atoms with E-state index in [0.29, 0.717) is 6.54 Å². The number of nitrogens with zero attached hydrogens (tertiary/aromatic N) is 1. The van der Waals surface area contributed by atoms with Gasteiger partial charge in [-0.1, -0.05) is 49.9 Å². The predicted molar refractivity (Wildman–Crippen MR) is 113 cm³/mol. The third-order valence-electron chi connectivity index (χ3n) is 4.60. The first-order valence-electron chi connectivity index (χ1n) is 9.42. The van der Waals surface area contributed by atoms with Gasteiger partial charge in [0.1, 0.15) is 11.9 Å². The van der Waals surface area contributed by atoms with Crippen molar-refractivity contribution in [3.8, 4) is 0 Å². The second-order valence-corrected chi connectivity index (χ2v) is 6.81. The molecular formula is C23H33FN2O2. The fourth-order valence-electron chi connectivity index (χ4n) is 2.90. The Labute approximate surface area is 168 Å². The van der Waals surface area contributed by atoms with Crippen LogP contribution in [0, 0.1) is 12.7 Å². The maximum Gasteiger partial charge on any atom is 0.407 e. The van der Waals surface area contributed by atoms with Crippen molar-refractivity contribution in [1.82, 2.24) is 10.2 Å². The minimum atomic E-state index is -0.284. The summed E-state index contributed by atoms with van der Waals surface area (Å²) in [5.41, 5.74) is 2.53. The monoisotopic (exact) mass is 388 g/mol. The molecule has 0 radical (unpaired) electrons. The molecule has 0 unspecified atom stereocenters. The van der Waals surface area contributed by atoms with Crippen molar-refractivity contribution in [3.63, 3.8) is 0 Å². The number of carbonyl (C=O) groups is 1. The van der Waals surface area contributed by atoms with Gasteiger partial charge in [0.05, 0.1) is 0 Å². The summed E-state index contributed by atoms with van der Waals surface area (Å²) < 4.78 is 17.3. The van der Waals surface area contributed by atoms with Crippen molar-refractivity contribution in [1.29, 1.82) is 0 Å². The zero-order valence-electron chi connectivity index (χ0n) is 16.2. The second-order valence-electron chi connectivity index (χ2n) is 6.81. The van der Waals surface area contributed by atoms with E-state index in [1.54, 1.807) is 18.2 Å². The summed E-state index contributed by atoms with van der Waals surface area (Å²) in [6.07, 6.45) is 2.50. The van der Waals surface area contributed by atoms with E-state index in [1.807, 2.05) is 12.1 Å². The summed E-state index contributed by atoms with van der Waals surface area (Å²) in [5.74, 6) is -0.178. The first-order valence-corrected chi connectivity index (χ1v) is 9.42. The van der Waals surface area contributed by atoms with Gasteiger partial charge in [0.15, 0.2) is 0 Å². The van der Waals surface area contributed by atoms with Crippen LogP contribution >= 0.6 is 0 Å². The second kappa shape index (κ2) is 12.9. The molecule has 4 nitrogen and oxygen atoms in total. The quantitative estimate of drug-likeness (QED) is 0.816. The average molecular weight is 389 g/mol. The van der Waals surface area contributed by atoms with E-state index in [-0.39, 0.29) is 25.4 Å². The van der Waals surface area contributed by atoms with Crippen LogP contribution in [-0.4, -0.2) is 43.8 Å². The number of alkyl carbamates (subject to hydrolysis) is 1. The highest BCUT2D eigenvalue weighted by molar-refractivity contribution is 5.67. The summed E-state index contributed by atoms with van der Waals surface area (Å²) in [7, 11) is 2.10. The largest absolute Gasteiger partial charge is 0.446 e. The molecule has 0 spiro atoms. The minimum absolute atomic E-state index is 0. The van der Waals surface area contributed by atoms with Crippen LogP contribution in [0.4, 0.5) is 9.18 Å². The highest BCUT2D eigenvalue weighted by Gasteiger charge is 2.19. The average Bonchev–Trinajstić information content (AvgIpc) is 2.66. The molecule has 154 valence electrons. The van der Waals surface area contributed by atoms with E-state index in [0.717, 1.165) is 32.4 Å². The van der Waals surface area contributed by atoms with Crippen molar-refractivity contribution in [2.45, 2.75) is 39.7 Å². The van der Waals surface area contributed by atoms with Crippen LogP contribution in [0.1, 0.15) is 31.4 Å². The zero-order chi connectivity index (χ0) is 19.5. The fourth-order valence-corrected chi connectivity index (χ4v) is 2.90. The standard InChI is InChI=1S/C16H24N2O2.C6H5F.CH4/c1-13-5-3-4-6-14(13)7-10-17-16(19)20-15-8-11-18(2)12-9-15;7-6-4-2-1-3-5-6;/h3-6,15H,7-12H2,1-2H3,(H,17,19);1-5H;1H4. The lowest BCUT2D eigenvalue weighted by Gasteiger charge is -2.28. The van der Waals surface area contributed by atoms with Crippen molar-refractivity contribution in [2.24, 2.45) is 0 Å². The van der Waals surface area contributed by atoms with E-state index in [2.05, 4.69) is 36.3 Å². The molecule has 1 saturated heterocycles. The number of piperidine rings is 1. The number of ether oxygens (including phenoxy) is 1. The van der Waals surface area contributed by atoms with Gasteiger partial charge in [-0.3, -0.25) is 0 Å². The SMILES string of the molecule is C.Cc1ccccc1CCNC(=O)OC1CCN(C)CC1.Fc1ccccc1. The molecule has 0 bridgehead atoms. The lowest BCUT2D eigenvalue weighted by Crippen LogP contribution is -2.38. The Bertz CT molecular complexity index is 686. The van der Waals surface area contributed by atoms with Crippen molar-refractivity contribution in [3.05, 3.63) is 71.5 Å². The molecule has 1 fully saturated rings. The number of amides is 1. The Hall–Kier alpha value is -2.40. The van der Waals surface area contributed by atoms with Gasteiger partial charge >= 0.3 is 6.09 Å². The molecule has 2 aromatic rings. The molecule has 2 aromatic carbocycles. The molecule has 1 amide bonds. The lowest BCUT2D eigenvalue weighted by molar-refractivity contribution is 0.0573. The van der Waals surface area contributed by atoms with Gasteiger partial charge in [-0.25, -0.2) is 9.18 Å². The van der Waals surface area contributed by atoms with Gasteiger partial charge in [0, 0.05) is 19.6 Å². The Morgan fingerprint density at radius 2 is 1.71 bits per heavy atom. The van der Waals surface area contributed by atoms with Crippen LogP contribution in [0.25, 0.3) is 0 Å². The highest BCUT2D eigenvalue weighted by atomic mass is 19.1. The Kier molecular flexibility index (Phi) is 10.9. The molecule has 1 heterocycles.